The highest BCUT2D eigenvalue weighted by Crippen LogP contribution is 2.31. The fourth-order valence-corrected chi connectivity index (χ4v) is 6.72. The summed E-state index contributed by atoms with van der Waals surface area (Å²) in [7, 11) is 0. The van der Waals surface area contributed by atoms with Gasteiger partial charge >= 0.3 is 12.2 Å². The molecule has 10 nitrogen and oxygen atoms in total. The Morgan fingerprint density at radius 2 is 1.07 bits per heavy atom. The number of rotatable bonds is 26. The van der Waals surface area contributed by atoms with Crippen molar-refractivity contribution in [2.45, 2.75) is 265 Å². The van der Waals surface area contributed by atoms with Crippen molar-refractivity contribution in [3.63, 3.8) is 0 Å². The molecule has 1 heterocycles. The average molecular weight is 835 g/mol. The number of hydrogen-bond donors (Lipinski definition) is 4. The van der Waals surface area contributed by atoms with Crippen molar-refractivity contribution in [3.05, 3.63) is 0 Å². The smallest absolute Gasteiger partial charge is 0.413 e. The Morgan fingerprint density at radius 3 is 1.46 bits per heavy atom. The van der Waals surface area contributed by atoms with Crippen molar-refractivity contribution < 1.29 is 39.1 Å². The lowest BCUT2D eigenvalue weighted by Crippen LogP contribution is -2.53. The van der Waals surface area contributed by atoms with Crippen LogP contribution < -0.4 is 5.32 Å². The summed E-state index contributed by atoms with van der Waals surface area (Å²) in [5.41, 5.74) is -2.06. The summed E-state index contributed by atoms with van der Waals surface area (Å²) in [6.45, 7) is 18.7. The summed E-state index contributed by atoms with van der Waals surface area (Å²) in [5, 5.41) is 32.4. The number of aliphatic hydroxyl groups is 3. The van der Waals surface area contributed by atoms with Crippen molar-refractivity contribution in [1.29, 1.82) is 0 Å². The van der Waals surface area contributed by atoms with E-state index in [-0.39, 0.29) is 6.61 Å². The van der Waals surface area contributed by atoms with Crippen LogP contribution in [0.2, 0.25) is 0 Å². The quantitative estimate of drug-likeness (QED) is 0.0499. The van der Waals surface area contributed by atoms with Crippen molar-refractivity contribution in [2.24, 2.45) is 0 Å². The molecule has 4 N–H and O–H groups in total. The second-order valence-electron chi connectivity index (χ2n) is 18.7. The molecule has 1 aliphatic heterocycles. The number of carbonyl (C=O) groups is 2. The number of ether oxygens (including phenoxy) is 3. The fourth-order valence-electron chi connectivity index (χ4n) is 6.72. The summed E-state index contributed by atoms with van der Waals surface area (Å²) in [6, 6.07) is -1.37. The Morgan fingerprint density at radius 1 is 0.678 bits per heavy atom. The van der Waals surface area contributed by atoms with Gasteiger partial charge in [0, 0.05) is 12.8 Å². The topological polar surface area (TPSA) is 138 Å². The molecule has 59 heavy (non-hydrogen) atoms. The standard InChI is InChI=1S/C26H47NO4.C23H43NO4/c1-7-8-9-10-11-12-13-14-15-16-17-18-19-20-23(28)22-21-30-26(5,6)27(22)24(29)31-25(2,3)4;1-5-6-7-8-9-10-11-12-13-14-15-16-17-18-21(26)20(19-25)24-22(27)28-23(2,3)4/h22-23,28H,7-18,21H2,1-6H3;20-21,25-26H,5-16,19H2,1-4H3,(H,24,27)/t22?,23-;20?,21-/m11/s1. The second-order valence-corrected chi connectivity index (χ2v) is 18.7. The molecular formula is C49H90N2O8. The highest BCUT2D eigenvalue weighted by atomic mass is 16.6. The number of nitrogens with one attached hydrogen (secondary N) is 1. The molecule has 2 unspecified atom stereocenters. The van der Waals surface area contributed by atoms with Gasteiger partial charge in [-0.15, -0.1) is 11.8 Å². The van der Waals surface area contributed by atoms with Crippen LogP contribution in [0.25, 0.3) is 0 Å². The molecule has 1 saturated heterocycles. The molecular weight excluding hydrogens is 745 g/mol. The van der Waals surface area contributed by atoms with Crippen LogP contribution in [0.1, 0.15) is 223 Å². The van der Waals surface area contributed by atoms with E-state index >= 15 is 0 Å². The van der Waals surface area contributed by atoms with E-state index in [9.17, 15) is 24.9 Å². The molecule has 0 saturated carbocycles. The third-order valence-electron chi connectivity index (χ3n) is 10.1. The van der Waals surface area contributed by atoms with Gasteiger partial charge in [-0.25, -0.2) is 9.59 Å². The third-order valence-corrected chi connectivity index (χ3v) is 10.1. The van der Waals surface area contributed by atoms with E-state index in [1.807, 2.05) is 34.6 Å². The largest absolute Gasteiger partial charge is 0.444 e. The molecule has 0 aromatic rings. The SMILES string of the molecule is CCCCCCCCCCCCCC#C[C@@H](O)C(CO)NC(=O)OC(C)(C)C.CCCCCCCCCCCCCC#C[C@@H](O)C1COC(C)(C)N1C(=O)OC(C)(C)C. The number of hydrogen-bond acceptors (Lipinski definition) is 8. The van der Waals surface area contributed by atoms with Crippen molar-refractivity contribution in [2.75, 3.05) is 13.2 Å². The number of unbranched alkanes of at least 4 members (excludes halogenated alkanes) is 22. The van der Waals surface area contributed by atoms with Crippen LogP contribution >= 0.6 is 0 Å². The summed E-state index contributed by atoms with van der Waals surface area (Å²) in [5.74, 6) is 11.7. The monoisotopic (exact) mass is 835 g/mol. The molecule has 0 aromatic carbocycles. The zero-order chi connectivity index (χ0) is 44.6. The molecule has 4 atom stereocenters. The molecule has 0 radical (unpaired) electrons. The first-order chi connectivity index (χ1) is 27.9. The molecule has 1 aliphatic rings. The lowest BCUT2D eigenvalue weighted by molar-refractivity contribution is -0.0658. The Balaban J connectivity index is 0.00000115. The maximum absolute atomic E-state index is 12.6. The lowest BCUT2D eigenvalue weighted by Gasteiger charge is -2.35. The predicted molar refractivity (Wildman–Crippen MR) is 242 cm³/mol. The van der Waals surface area contributed by atoms with Crippen molar-refractivity contribution >= 4 is 12.2 Å². The minimum absolute atomic E-state index is 0.251. The van der Waals surface area contributed by atoms with Crippen LogP contribution in [-0.4, -0.2) is 86.8 Å². The molecule has 0 bridgehead atoms. The molecule has 0 aromatic heterocycles. The van der Waals surface area contributed by atoms with E-state index in [1.165, 1.54) is 127 Å². The Labute approximate surface area is 362 Å². The molecule has 344 valence electrons. The van der Waals surface area contributed by atoms with Gasteiger partial charge in [-0.05, 0) is 68.2 Å². The van der Waals surface area contributed by atoms with Crippen LogP contribution in [0.15, 0.2) is 0 Å². The average Bonchev–Trinajstić information content (AvgIpc) is 3.48. The minimum Gasteiger partial charge on any atom is -0.444 e. The van der Waals surface area contributed by atoms with E-state index in [0.717, 1.165) is 32.1 Å². The van der Waals surface area contributed by atoms with E-state index in [0.29, 0.717) is 0 Å². The number of nitrogens with zero attached hydrogens (tertiary/aromatic N) is 1. The van der Waals surface area contributed by atoms with Crippen LogP contribution in [0.3, 0.4) is 0 Å². The van der Waals surface area contributed by atoms with Gasteiger partial charge in [0.05, 0.1) is 25.3 Å². The molecule has 10 heteroatoms. The zero-order valence-electron chi connectivity index (χ0n) is 39.5. The van der Waals surface area contributed by atoms with Crippen LogP contribution in [0.4, 0.5) is 9.59 Å². The Kier molecular flexibility index (Phi) is 31.8. The highest BCUT2D eigenvalue weighted by Gasteiger charge is 2.48. The van der Waals surface area contributed by atoms with Gasteiger partial charge in [-0.2, -0.15) is 0 Å². The maximum atomic E-state index is 12.6. The Bertz CT molecular complexity index is 1200. The molecule has 1 fully saturated rings. The van der Waals surface area contributed by atoms with Gasteiger partial charge < -0.3 is 34.8 Å². The third kappa shape index (κ3) is 31.1. The molecule has 1 rings (SSSR count). The van der Waals surface area contributed by atoms with E-state index < -0.39 is 60.0 Å². The van der Waals surface area contributed by atoms with E-state index in [1.54, 1.807) is 20.8 Å². The van der Waals surface area contributed by atoms with Gasteiger partial charge in [0.25, 0.3) is 0 Å². The maximum Gasteiger partial charge on any atom is 0.413 e. The number of alkyl carbamates (subject to hydrolysis) is 1. The van der Waals surface area contributed by atoms with Crippen LogP contribution in [-0.2, 0) is 14.2 Å². The van der Waals surface area contributed by atoms with Crippen molar-refractivity contribution in [1.82, 2.24) is 10.2 Å². The highest BCUT2D eigenvalue weighted by molar-refractivity contribution is 5.70. The van der Waals surface area contributed by atoms with Crippen molar-refractivity contribution in [3.8, 4) is 23.7 Å². The zero-order valence-corrected chi connectivity index (χ0v) is 39.5. The van der Waals surface area contributed by atoms with E-state index in [4.69, 9.17) is 14.2 Å². The fraction of sp³-hybridized carbons (Fsp3) is 0.878. The summed E-state index contributed by atoms with van der Waals surface area (Å²) >= 11 is 0. The summed E-state index contributed by atoms with van der Waals surface area (Å²) < 4.78 is 16.4. The van der Waals surface area contributed by atoms with Crippen LogP contribution in [0, 0.1) is 23.7 Å². The lowest BCUT2D eigenvalue weighted by atomic mass is 10.1. The second kappa shape index (κ2) is 33.2. The number of aliphatic hydroxyl groups excluding tert-OH is 3. The van der Waals surface area contributed by atoms with Gasteiger partial charge in [0.1, 0.15) is 29.1 Å². The van der Waals surface area contributed by atoms with Gasteiger partial charge in [-0.3, -0.25) is 4.90 Å². The van der Waals surface area contributed by atoms with Crippen LogP contribution in [0.5, 0.6) is 0 Å². The molecule has 0 spiro atoms. The minimum atomic E-state index is -1.11. The first kappa shape index (κ1) is 56.5. The Hall–Kier alpha value is -2.50. The number of amides is 2. The molecule has 0 aliphatic carbocycles. The predicted octanol–water partition coefficient (Wildman–Crippen LogP) is 11.4. The number of carbonyl (C=O) groups excluding carboxylic acids is 2. The van der Waals surface area contributed by atoms with Gasteiger partial charge in [-0.1, -0.05) is 154 Å². The van der Waals surface area contributed by atoms with E-state index in [2.05, 4.69) is 42.8 Å². The molecule has 2 amide bonds. The van der Waals surface area contributed by atoms with Gasteiger partial charge in [0.2, 0.25) is 0 Å². The van der Waals surface area contributed by atoms with Gasteiger partial charge in [0.15, 0.2) is 0 Å². The summed E-state index contributed by atoms with van der Waals surface area (Å²) in [6.07, 6.45) is 26.8. The first-order valence-electron chi connectivity index (χ1n) is 23.5. The summed E-state index contributed by atoms with van der Waals surface area (Å²) in [4.78, 5) is 25.8. The normalized spacial score (nSPS) is 16.4. The first-order valence-corrected chi connectivity index (χ1v) is 23.5.